The normalized spacial score (nSPS) is 48.5. The maximum atomic E-state index is 10.2. The van der Waals surface area contributed by atoms with Gasteiger partial charge >= 0.3 is 177 Å². The zero-order valence-corrected chi connectivity index (χ0v) is 19.7. The molecule has 0 aromatic carbocycles. The molecule has 2 fully saturated rings. The van der Waals surface area contributed by atoms with Crippen molar-refractivity contribution >= 4 is 0 Å². The van der Waals surface area contributed by atoms with E-state index in [1.54, 1.807) is 11.1 Å². The first-order valence-electron chi connectivity index (χ1n) is 11.5. The van der Waals surface area contributed by atoms with Gasteiger partial charge in [-0.3, -0.25) is 0 Å². The van der Waals surface area contributed by atoms with E-state index in [4.69, 9.17) is 0 Å². The van der Waals surface area contributed by atoms with Crippen molar-refractivity contribution in [1.29, 1.82) is 0 Å². The fourth-order valence-corrected chi connectivity index (χ4v) is 9.78. The van der Waals surface area contributed by atoms with Gasteiger partial charge in [-0.1, -0.05) is 0 Å². The fraction of sp³-hybridized carbons (Fsp3) is 0.760. The van der Waals surface area contributed by atoms with Crippen LogP contribution in [0.2, 0.25) is 0 Å². The van der Waals surface area contributed by atoms with Crippen molar-refractivity contribution < 1.29 is 26.3 Å². The molecule has 3 heteroatoms. The van der Waals surface area contributed by atoms with E-state index in [0.717, 1.165) is 30.6 Å². The molecule has 1 heterocycles. The molecule has 0 aromatic rings. The molecular weight excluding hydrogens is 457 g/mol. The summed E-state index contributed by atoms with van der Waals surface area (Å²) in [7, 11) is 0. The number of rotatable bonds is 1. The molecule has 7 atom stereocenters. The molecule has 156 valence electrons. The second kappa shape index (κ2) is 7.44. The van der Waals surface area contributed by atoms with Crippen LogP contribution in [0, 0.1) is 34.5 Å². The first-order chi connectivity index (χ1) is 13.5. The molecule has 2 saturated carbocycles. The number of alkyl halides is 2. The second-order valence-electron chi connectivity index (χ2n) is 10.5. The molecule has 0 aromatic heterocycles. The summed E-state index contributed by atoms with van der Waals surface area (Å²) < 4.78 is 2.70. The predicted molar refractivity (Wildman–Crippen MR) is 111 cm³/mol. The summed E-state index contributed by atoms with van der Waals surface area (Å²) in [5, 5.41) is 13.7. The van der Waals surface area contributed by atoms with Gasteiger partial charge in [-0.15, -0.1) is 0 Å². The number of aliphatic hydroxyl groups excluding tert-OH is 1. The molecule has 0 spiro atoms. The molecular formula is C25H37INO-. The number of nitrogens with one attached hydrogen (secondary N) is 1. The van der Waals surface area contributed by atoms with Crippen LogP contribution in [0.25, 0.3) is 0 Å². The van der Waals surface area contributed by atoms with E-state index < -0.39 is 0 Å². The first-order valence-corrected chi connectivity index (χ1v) is 14.6. The Balaban J connectivity index is 1.41. The molecule has 4 aliphatic carbocycles. The van der Waals surface area contributed by atoms with E-state index in [1.165, 1.54) is 47.5 Å². The number of allylic oxidation sites excluding steroid dienone is 4. The molecule has 0 radical (unpaired) electrons. The summed E-state index contributed by atoms with van der Waals surface area (Å²) in [4.78, 5) is 0. The third-order valence-electron chi connectivity index (χ3n) is 9.29. The number of fused-ring (bicyclic) bond motifs is 5. The van der Waals surface area contributed by atoms with Crippen LogP contribution in [-0.2, 0) is 0 Å². The molecule has 2 N–H and O–H groups in total. The van der Waals surface area contributed by atoms with E-state index >= 15 is 0 Å². The molecule has 5 rings (SSSR count). The van der Waals surface area contributed by atoms with Crippen molar-refractivity contribution in [2.24, 2.45) is 34.5 Å². The molecule has 0 bridgehead atoms. The van der Waals surface area contributed by atoms with Crippen molar-refractivity contribution in [3.05, 3.63) is 35.6 Å². The van der Waals surface area contributed by atoms with E-state index in [2.05, 4.69) is 43.6 Å². The van der Waals surface area contributed by atoms with Crippen LogP contribution in [0.4, 0.5) is 0 Å². The Morgan fingerprint density at radius 2 is 1.89 bits per heavy atom. The number of halogens is 1. The fourth-order valence-electron chi connectivity index (χ4n) is 7.72. The van der Waals surface area contributed by atoms with E-state index in [9.17, 15) is 5.11 Å². The van der Waals surface area contributed by atoms with Gasteiger partial charge in [0.25, 0.3) is 0 Å². The Kier molecular flexibility index (Phi) is 5.22. The Labute approximate surface area is 181 Å². The third kappa shape index (κ3) is 3.05. The van der Waals surface area contributed by atoms with Gasteiger partial charge in [-0.25, -0.2) is 0 Å². The number of hydrogen-bond donors (Lipinski definition) is 2. The molecule has 28 heavy (non-hydrogen) atoms. The summed E-state index contributed by atoms with van der Waals surface area (Å²) in [5.74, 6) is 3.20. The van der Waals surface area contributed by atoms with E-state index in [0.29, 0.717) is 38.0 Å². The van der Waals surface area contributed by atoms with Gasteiger partial charge in [0.05, 0.1) is 0 Å². The Morgan fingerprint density at radius 1 is 1.04 bits per heavy atom. The topological polar surface area (TPSA) is 32.3 Å². The van der Waals surface area contributed by atoms with Gasteiger partial charge in [0, 0.05) is 0 Å². The molecule has 0 saturated heterocycles. The molecule has 0 amide bonds. The number of hydrogen-bond acceptors (Lipinski definition) is 2. The Morgan fingerprint density at radius 3 is 2.79 bits per heavy atom. The van der Waals surface area contributed by atoms with Crippen molar-refractivity contribution in [2.75, 3.05) is 8.98 Å². The summed E-state index contributed by atoms with van der Waals surface area (Å²) in [6.07, 6.45) is 19.8. The molecule has 5 aliphatic rings. The Hall–Kier alpha value is -0.290. The summed E-state index contributed by atoms with van der Waals surface area (Å²) >= 11 is 0.339. The summed E-state index contributed by atoms with van der Waals surface area (Å²) in [5.41, 5.74) is 4.17. The van der Waals surface area contributed by atoms with Crippen LogP contribution >= 0.6 is 0 Å². The molecule has 5 unspecified atom stereocenters. The SMILES string of the molecule is C[C@]12CCC(O)CC1=CCC1C2CC[C@]2(C)C(C3C=CNC[I-]CC3)=CCC12. The van der Waals surface area contributed by atoms with Crippen LogP contribution in [0.1, 0.15) is 65.2 Å². The zero-order chi connectivity index (χ0) is 19.4. The number of aliphatic hydroxyl groups is 1. The van der Waals surface area contributed by atoms with Crippen LogP contribution in [-0.4, -0.2) is 20.2 Å². The first kappa shape index (κ1) is 19.7. The average Bonchev–Trinajstić information content (AvgIpc) is 2.99. The zero-order valence-electron chi connectivity index (χ0n) is 17.6. The predicted octanol–water partition coefficient (Wildman–Crippen LogP) is 2.02. The average molecular weight is 494 g/mol. The molecule has 1 aliphatic heterocycles. The van der Waals surface area contributed by atoms with Crippen molar-refractivity contribution in [3.8, 4) is 0 Å². The summed E-state index contributed by atoms with van der Waals surface area (Å²) in [6, 6.07) is 0. The van der Waals surface area contributed by atoms with Crippen LogP contribution in [0.15, 0.2) is 35.6 Å². The quantitative estimate of drug-likeness (QED) is 0.253. The maximum absolute atomic E-state index is 10.2. The van der Waals surface area contributed by atoms with Crippen molar-refractivity contribution in [3.63, 3.8) is 0 Å². The Bertz CT molecular complexity index is 711. The molecule has 2 nitrogen and oxygen atoms in total. The van der Waals surface area contributed by atoms with Gasteiger partial charge in [-0.05, 0) is 0 Å². The van der Waals surface area contributed by atoms with Gasteiger partial charge in [0.1, 0.15) is 0 Å². The minimum absolute atomic E-state index is 0.0907. The standard InChI is InChI=1S/C25H37INO/c1-24-11-7-19(28)15-18(24)3-4-20-22-6-5-21(25(22,2)12-8-23(20)24)17-9-13-26-16-27-14-10-17/h3,5,10,14,17,19-20,22-23,27-28H,4,6-9,11-13,15-16H2,1-2H3/q-1/t17?,19?,20?,22?,23?,24-,25+/m0/s1. The van der Waals surface area contributed by atoms with E-state index in [-0.39, 0.29) is 6.10 Å². The van der Waals surface area contributed by atoms with Crippen molar-refractivity contribution in [1.82, 2.24) is 5.32 Å². The van der Waals surface area contributed by atoms with Crippen molar-refractivity contribution in [2.45, 2.75) is 71.3 Å². The third-order valence-corrected chi connectivity index (χ3v) is 11.7. The monoisotopic (exact) mass is 494 g/mol. The van der Waals surface area contributed by atoms with E-state index in [1.807, 2.05) is 0 Å². The van der Waals surface area contributed by atoms with Gasteiger partial charge in [-0.2, -0.15) is 0 Å². The second-order valence-corrected chi connectivity index (χ2v) is 13.4. The van der Waals surface area contributed by atoms with Gasteiger partial charge in [0.2, 0.25) is 0 Å². The van der Waals surface area contributed by atoms with Crippen LogP contribution < -0.4 is 26.5 Å². The minimum atomic E-state index is -0.0907. The van der Waals surface area contributed by atoms with Gasteiger partial charge in [0.15, 0.2) is 0 Å². The van der Waals surface area contributed by atoms with Crippen LogP contribution in [0.3, 0.4) is 0 Å². The van der Waals surface area contributed by atoms with Gasteiger partial charge < -0.3 is 5.11 Å². The van der Waals surface area contributed by atoms with Crippen LogP contribution in [0.5, 0.6) is 0 Å². The summed E-state index contributed by atoms with van der Waals surface area (Å²) in [6.45, 7) is 5.16.